The number of likely N-dealkylation sites (tertiary alicyclic amines) is 1. The van der Waals surface area contributed by atoms with E-state index in [-0.39, 0.29) is 5.60 Å². The fourth-order valence-electron chi connectivity index (χ4n) is 2.46. The molecular formula is C17H25NOS2. The van der Waals surface area contributed by atoms with Gasteiger partial charge in [-0.05, 0) is 63.8 Å². The smallest absolute Gasteiger partial charge is 0.136 e. The van der Waals surface area contributed by atoms with Crippen LogP contribution in [0.15, 0.2) is 18.2 Å². The third-order valence-corrected chi connectivity index (χ3v) is 4.86. The molecule has 0 aromatic heterocycles. The zero-order valence-corrected chi connectivity index (χ0v) is 15.1. The van der Waals surface area contributed by atoms with Crippen molar-refractivity contribution in [3.8, 4) is 5.75 Å². The molecule has 1 aromatic rings. The van der Waals surface area contributed by atoms with Gasteiger partial charge in [0.05, 0.1) is 0 Å². The van der Waals surface area contributed by atoms with Gasteiger partial charge < -0.3 is 9.64 Å². The van der Waals surface area contributed by atoms with Crippen LogP contribution in [0.1, 0.15) is 44.7 Å². The molecule has 21 heavy (non-hydrogen) atoms. The fourth-order valence-corrected chi connectivity index (χ4v) is 3.64. The molecule has 0 bridgehead atoms. The van der Waals surface area contributed by atoms with Crippen LogP contribution in [-0.4, -0.2) is 27.9 Å². The minimum Gasteiger partial charge on any atom is -0.488 e. The van der Waals surface area contributed by atoms with Crippen molar-refractivity contribution in [3.05, 3.63) is 29.3 Å². The fraction of sp³-hybridized carbons (Fsp3) is 0.588. The Morgan fingerprint density at radius 2 is 1.90 bits per heavy atom. The van der Waals surface area contributed by atoms with E-state index in [1.54, 1.807) is 11.8 Å². The average molecular weight is 324 g/mol. The molecule has 0 aliphatic carbocycles. The maximum atomic E-state index is 5.98. The molecule has 0 unspecified atom stereocenters. The highest BCUT2D eigenvalue weighted by molar-refractivity contribution is 8.22. The second kappa shape index (κ2) is 7.01. The number of thiocarbonyl (C=S) groups is 1. The van der Waals surface area contributed by atoms with E-state index in [1.165, 1.54) is 24.0 Å². The number of thioether (sulfide) groups is 1. The first-order valence-corrected chi connectivity index (χ1v) is 8.94. The lowest BCUT2D eigenvalue weighted by Gasteiger charge is -2.22. The Kier molecular flexibility index (Phi) is 5.55. The van der Waals surface area contributed by atoms with E-state index in [9.17, 15) is 0 Å². The van der Waals surface area contributed by atoms with Gasteiger partial charge in [0, 0.05) is 18.8 Å². The van der Waals surface area contributed by atoms with Gasteiger partial charge in [-0.3, -0.25) is 0 Å². The van der Waals surface area contributed by atoms with Crippen LogP contribution < -0.4 is 4.74 Å². The number of nitrogens with zero attached hydrogens (tertiary/aromatic N) is 1. The SMILES string of the molecule is Cc1cc(CSC(=S)N2CCCC2)cc(OC(C)(C)C)c1. The predicted molar refractivity (Wildman–Crippen MR) is 96.3 cm³/mol. The summed E-state index contributed by atoms with van der Waals surface area (Å²) in [7, 11) is 0. The van der Waals surface area contributed by atoms with Crippen molar-refractivity contribution in [1.29, 1.82) is 0 Å². The van der Waals surface area contributed by atoms with E-state index in [0.29, 0.717) is 0 Å². The van der Waals surface area contributed by atoms with E-state index >= 15 is 0 Å². The van der Waals surface area contributed by atoms with Gasteiger partial charge in [0.1, 0.15) is 15.7 Å². The molecule has 0 N–H and O–H groups in total. The second-order valence-electron chi connectivity index (χ2n) is 6.62. The molecule has 0 radical (unpaired) electrons. The minimum atomic E-state index is -0.164. The summed E-state index contributed by atoms with van der Waals surface area (Å²) in [5, 5.41) is 0. The molecule has 2 nitrogen and oxygen atoms in total. The quantitative estimate of drug-likeness (QED) is 0.741. The number of rotatable bonds is 3. The van der Waals surface area contributed by atoms with Gasteiger partial charge in [-0.1, -0.05) is 30.0 Å². The van der Waals surface area contributed by atoms with Crippen LogP contribution in [0.3, 0.4) is 0 Å². The average Bonchev–Trinajstić information content (AvgIpc) is 2.86. The number of aryl methyl sites for hydroxylation is 1. The molecule has 0 saturated carbocycles. The molecule has 4 heteroatoms. The number of hydrogen-bond donors (Lipinski definition) is 0. The number of ether oxygens (including phenoxy) is 1. The summed E-state index contributed by atoms with van der Waals surface area (Å²) in [6.45, 7) is 10.6. The van der Waals surface area contributed by atoms with Crippen LogP contribution in [0, 0.1) is 6.92 Å². The Labute approximate surface area is 138 Å². The van der Waals surface area contributed by atoms with E-state index in [1.807, 2.05) is 0 Å². The summed E-state index contributed by atoms with van der Waals surface area (Å²) < 4.78 is 7.01. The lowest BCUT2D eigenvalue weighted by molar-refractivity contribution is 0.131. The van der Waals surface area contributed by atoms with Crippen molar-refractivity contribution in [2.45, 2.75) is 51.9 Å². The molecule has 0 spiro atoms. The molecule has 1 aromatic carbocycles. The molecule has 1 fully saturated rings. The van der Waals surface area contributed by atoms with Crippen molar-refractivity contribution in [3.63, 3.8) is 0 Å². The lowest BCUT2D eigenvalue weighted by atomic mass is 10.1. The van der Waals surface area contributed by atoms with Crippen LogP contribution in [-0.2, 0) is 5.75 Å². The van der Waals surface area contributed by atoms with Crippen molar-refractivity contribution in [2.24, 2.45) is 0 Å². The van der Waals surface area contributed by atoms with E-state index in [0.717, 1.165) is 28.9 Å². The molecule has 1 aliphatic heterocycles. The minimum absolute atomic E-state index is 0.164. The summed E-state index contributed by atoms with van der Waals surface area (Å²) in [6.07, 6.45) is 2.55. The molecular weight excluding hydrogens is 298 g/mol. The van der Waals surface area contributed by atoms with Gasteiger partial charge in [0.25, 0.3) is 0 Å². The first-order valence-electron chi connectivity index (χ1n) is 7.55. The molecule has 116 valence electrons. The van der Waals surface area contributed by atoms with E-state index < -0.39 is 0 Å². The van der Waals surface area contributed by atoms with Gasteiger partial charge in [0.15, 0.2) is 0 Å². The molecule has 2 rings (SSSR count). The monoisotopic (exact) mass is 323 g/mol. The van der Waals surface area contributed by atoms with Crippen molar-refractivity contribution < 1.29 is 4.74 Å². The molecule has 0 amide bonds. The van der Waals surface area contributed by atoms with Gasteiger partial charge in [-0.2, -0.15) is 0 Å². The lowest BCUT2D eigenvalue weighted by Crippen LogP contribution is -2.23. The molecule has 1 heterocycles. The summed E-state index contributed by atoms with van der Waals surface area (Å²) in [5.41, 5.74) is 2.35. The van der Waals surface area contributed by atoms with Crippen molar-refractivity contribution >= 4 is 28.3 Å². The Morgan fingerprint density at radius 1 is 1.24 bits per heavy atom. The van der Waals surface area contributed by atoms with Crippen LogP contribution in [0.25, 0.3) is 0 Å². The third-order valence-electron chi connectivity index (χ3n) is 3.26. The summed E-state index contributed by atoms with van der Waals surface area (Å²) in [4.78, 5) is 2.32. The topological polar surface area (TPSA) is 12.5 Å². The number of hydrogen-bond acceptors (Lipinski definition) is 3. The Hall–Kier alpha value is -0.740. The van der Waals surface area contributed by atoms with Crippen LogP contribution in [0.2, 0.25) is 0 Å². The van der Waals surface area contributed by atoms with Crippen molar-refractivity contribution in [2.75, 3.05) is 13.1 Å². The summed E-state index contributed by atoms with van der Waals surface area (Å²) in [6, 6.07) is 6.45. The van der Waals surface area contributed by atoms with Crippen LogP contribution >= 0.6 is 24.0 Å². The zero-order chi connectivity index (χ0) is 15.5. The zero-order valence-electron chi connectivity index (χ0n) is 13.4. The Morgan fingerprint density at radius 3 is 2.52 bits per heavy atom. The Bertz CT molecular complexity index is 502. The van der Waals surface area contributed by atoms with Gasteiger partial charge in [-0.15, -0.1) is 0 Å². The highest BCUT2D eigenvalue weighted by Crippen LogP contribution is 2.26. The standard InChI is InChI=1S/C17H25NOS2/c1-13-9-14(11-15(10-13)19-17(2,3)4)12-21-16(20)18-7-5-6-8-18/h9-11H,5-8,12H2,1-4H3. The largest absolute Gasteiger partial charge is 0.488 e. The summed E-state index contributed by atoms with van der Waals surface area (Å²) in [5.74, 6) is 1.86. The molecule has 0 atom stereocenters. The number of benzene rings is 1. The van der Waals surface area contributed by atoms with Gasteiger partial charge >= 0.3 is 0 Å². The molecule has 1 aliphatic rings. The first kappa shape index (κ1) is 16.6. The second-order valence-corrected chi connectivity index (χ2v) is 8.23. The highest BCUT2D eigenvalue weighted by atomic mass is 32.2. The normalized spacial score (nSPS) is 15.3. The predicted octanol–water partition coefficient (Wildman–Crippen LogP) is 4.79. The first-order chi connectivity index (χ1) is 9.83. The summed E-state index contributed by atoms with van der Waals surface area (Å²) >= 11 is 7.29. The van der Waals surface area contributed by atoms with Crippen LogP contribution in [0.4, 0.5) is 0 Å². The third kappa shape index (κ3) is 5.51. The highest BCUT2D eigenvalue weighted by Gasteiger charge is 2.16. The van der Waals surface area contributed by atoms with Gasteiger partial charge in [0.2, 0.25) is 0 Å². The maximum Gasteiger partial charge on any atom is 0.136 e. The molecule has 1 saturated heterocycles. The maximum absolute atomic E-state index is 5.98. The van der Waals surface area contributed by atoms with Crippen molar-refractivity contribution in [1.82, 2.24) is 4.90 Å². The Balaban J connectivity index is 1.97. The van der Waals surface area contributed by atoms with Gasteiger partial charge in [-0.25, -0.2) is 0 Å². The van der Waals surface area contributed by atoms with Crippen LogP contribution in [0.5, 0.6) is 5.75 Å². The van der Waals surface area contributed by atoms with E-state index in [4.69, 9.17) is 17.0 Å². The van der Waals surface area contributed by atoms with E-state index in [2.05, 4.69) is 50.8 Å².